The van der Waals surface area contributed by atoms with Crippen molar-refractivity contribution in [2.24, 2.45) is 0 Å². The number of likely N-dealkylation sites (tertiary alicyclic amines) is 1. The molecule has 0 unspecified atom stereocenters. The third-order valence-corrected chi connectivity index (χ3v) is 4.13. The van der Waals surface area contributed by atoms with Crippen molar-refractivity contribution in [3.05, 3.63) is 23.9 Å². The first-order valence-electron chi connectivity index (χ1n) is 8.48. The fourth-order valence-corrected chi connectivity index (χ4v) is 2.95. The summed E-state index contributed by atoms with van der Waals surface area (Å²) in [5.74, 6) is 0.643. The number of aromatic nitrogens is 1. The van der Waals surface area contributed by atoms with Gasteiger partial charge in [-0.2, -0.15) is 0 Å². The van der Waals surface area contributed by atoms with Crippen LogP contribution in [0.3, 0.4) is 0 Å². The summed E-state index contributed by atoms with van der Waals surface area (Å²) in [6.07, 6.45) is 5.24. The highest BCUT2D eigenvalue weighted by Gasteiger charge is 2.24. The molecular weight excluding hydrogens is 290 g/mol. The lowest BCUT2D eigenvalue weighted by molar-refractivity contribution is 0.0581. The van der Waals surface area contributed by atoms with Crippen LogP contribution in [0.1, 0.15) is 58.6 Å². The molecule has 1 aromatic rings. The summed E-state index contributed by atoms with van der Waals surface area (Å²) < 4.78 is 5.45. The van der Waals surface area contributed by atoms with E-state index in [0.717, 1.165) is 6.54 Å². The van der Waals surface area contributed by atoms with Crippen LogP contribution in [-0.4, -0.2) is 41.7 Å². The number of carbonyl (C=O) groups excluding carboxylic acids is 1. The molecule has 2 rings (SSSR count). The van der Waals surface area contributed by atoms with E-state index in [-0.39, 0.29) is 6.09 Å². The molecule has 0 bridgehead atoms. The lowest BCUT2D eigenvalue weighted by atomic mass is 9.97. The minimum atomic E-state index is -0.505. The molecule has 0 radical (unpaired) electrons. The maximum absolute atomic E-state index is 12.3. The molecule has 1 aromatic heterocycles. The van der Waals surface area contributed by atoms with Crippen LogP contribution in [0.2, 0.25) is 0 Å². The second kappa shape index (κ2) is 7.30. The smallest absolute Gasteiger partial charge is 0.415 e. The lowest BCUT2D eigenvalue weighted by Gasteiger charge is -2.32. The Morgan fingerprint density at radius 3 is 2.65 bits per heavy atom. The van der Waals surface area contributed by atoms with Gasteiger partial charge in [-0.05, 0) is 65.8 Å². The molecule has 1 aliphatic rings. The Kier molecular flexibility index (Phi) is 5.63. The highest BCUT2D eigenvalue weighted by molar-refractivity contribution is 5.86. The van der Waals surface area contributed by atoms with Crippen LogP contribution in [0.25, 0.3) is 0 Å². The molecule has 5 heteroatoms. The first kappa shape index (κ1) is 17.7. The molecule has 1 fully saturated rings. The van der Waals surface area contributed by atoms with Crippen molar-refractivity contribution in [1.29, 1.82) is 0 Å². The van der Waals surface area contributed by atoms with Gasteiger partial charge in [-0.3, -0.25) is 9.80 Å². The average Bonchev–Trinajstić information content (AvgIpc) is 2.47. The van der Waals surface area contributed by atoms with E-state index in [1.165, 1.54) is 24.8 Å². The zero-order valence-corrected chi connectivity index (χ0v) is 15.0. The summed E-state index contributed by atoms with van der Waals surface area (Å²) >= 11 is 0. The summed E-state index contributed by atoms with van der Waals surface area (Å²) in [5, 5.41) is 0. The van der Waals surface area contributed by atoms with Crippen LogP contribution < -0.4 is 4.90 Å². The van der Waals surface area contributed by atoms with Gasteiger partial charge < -0.3 is 4.74 Å². The molecule has 0 aromatic carbocycles. The molecule has 1 saturated heterocycles. The van der Waals surface area contributed by atoms with E-state index >= 15 is 0 Å². The quantitative estimate of drug-likeness (QED) is 0.845. The van der Waals surface area contributed by atoms with E-state index in [0.29, 0.717) is 18.4 Å². The second-order valence-electron chi connectivity index (χ2n) is 7.17. The number of hydrogen-bond acceptors (Lipinski definition) is 4. The molecule has 0 spiro atoms. The molecule has 1 amide bonds. The molecule has 0 N–H and O–H groups in total. The summed E-state index contributed by atoms with van der Waals surface area (Å²) in [4.78, 5) is 20.7. The van der Waals surface area contributed by atoms with Gasteiger partial charge in [0.2, 0.25) is 0 Å². The first-order chi connectivity index (χ1) is 10.8. The highest BCUT2D eigenvalue weighted by Crippen LogP contribution is 2.29. The Morgan fingerprint density at radius 2 is 2.13 bits per heavy atom. The Bertz CT molecular complexity index is 522. The van der Waals surface area contributed by atoms with E-state index in [1.807, 2.05) is 40.0 Å². The Hall–Kier alpha value is -1.62. The van der Waals surface area contributed by atoms with E-state index in [1.54, 1.807) is 4.90 Å². The predicted octanol–water partition coefficient (Wildman–Crippen LogP) is 4.00. The summed E-state index contributed by atoms with van der Waals surface area (Å²) in [7, 11) is 2.16. The molecule has 1 aliphatic heterocycles. The van der Waals surface area contributed by atoms with Crippen LogP contribution in [0.15, 0.2) is 18.3 Å². The monoisotopic (exact) mass is 319 g/mol. The van der Waals surface area contributed by atoms with Gasteiger partial charge in [0.1, 0.15) is 11.4 Å². The zero-order valence-electron chi connectivity index (χ0n) is 15.0. The van der Waals surface area contributed by atoms with Gasteiger partial charge in [-0.1, -0.05) is 12.5 Å². The molecule has 5 nitrogen and oxygen atoms in total. The van der Waals surface area contributed by atoms with E-state index < -0.39 is 5.60 Å². The van der Waals surface area contributed by atoms with E-state index in [9.17, 15) is 4.79 Å². The molecule has 2 heterocycles. The number of rotatable bonds is 3. The van der Waals surface area contributed by atoms with Crippen LogP contribution in [0.5, 0.6) is 0 Å². The molecule has 0 saturated carbocycles. The van der Waals surface area contributed by atoms with Crippen molar-refractivity contribution in [2.45, 2.75) is 58.6 Å². The Balaban J connectivity index is 2.12. The van der Waals surface area contributed by atoms with Gasteiger partial charge in [-0.25, -0.2) is 9.78 Å². The van der Waals surface area contributed by atoms with Gasteiger partial charge in [0.05, 0.1) is 0 Å². The van der Waals surface area contributed by atoms with Gasteiger partial charge >= 0.3 is 6.09 Å². The summed E-state index contributed by atoms with van der Waals surface area (Å²) in [6.45, 7) is 9.20. The van der Waals surface area contributed by atoms with Crippen LogP contribution in [0, 0.1) is 0 Å². The number of piperidine rings is 1. The lowest BCUT2D eigenvalue weighted by Crippen LogP contribution is -2.37. The number of anilines is 1. The van der Waals surface area contributed by atoms with Crippen LogP contribution >= 0.6 is 0 Å². The summed E-state index contributed by atoms with van der Waals surface area (Å²) in [6, 6.07) is 4.44. The predicted molar refractivity (Wildman–Crippen MR) is 92.7 cm³/mol. The van der Waals surface area contributed by atoms with Crippen molar-refractivity contribution in [3.8, 4) is 0 Å². The molecule has 1 atom stereocenters. The number of nitrogens with zero attached hydrogens (tertiary/aromatic N) is 3. The largest absolute Gasteiger partial charge is 0.443 e. The normalized spacial score (nSPS) is 19.4. The van der Waals surface area contributed by atoms with Crippen LogP contribution in [-0.2, 0) is 4.74 Å². The fraction of sp³-hybridized carbons (Fsp3) is 0.667. The second-order valence-corrected chi connectivity index (χ2v) is 7.17. The van der Waals surface area contributed by atoms with Crippen molar-refractivity contribution in [2.75, 3.05) is 25.0 Å². The molecule has 23 heavy (non-hydrogen) atoms. The van der Waals surface area contributed by atoms with Crippen molar-refractivity contribution >= 4 is 11.9 Å². The number of hydrogen-bond donors (Lipinski definition) is 0. The maximum atomic E-state index is 12.3. The highest BCUT2D eigenvalue weighted by atomic mass is 16.6. The average molecular weight is 319 g/mol. The molecule has 0 aliphatic carbocycles. The fourth-order valence-electron chi connectivity index (χ4n) is 2.95. The molecule has 128 valence electrons. The first-order valence-corrected chi connectivity index (χ1v) is 8.48. The minimum Gasteiger partial charge on any atom is -0.443 e. The van der Waals surface area contributed by atoms with Crippen molar-refractivity contribution in [3.63, 3.8) is 0 Å². The minimum absolute atomic E-state index is 0.352. The maximum Gasteiger partial charge on any atom is 0.415 e. The SMILES string of the molecule is CCN(C(=O)OC(C)(C)C)c1ccc([C@@H]2CCCCN2C)cn1. The van der Waals surface area contributed by atoms with Gasteiger partial charge in [-0.15, -0.1) is 0 Å². The summed E-state index contributed by atoms with van der Waals surface area (Å²) in [5.41, 5.74) is 0.714. The standard InChI is InChI=1S/C18H29N3O2/c1-6-21(17(22)23-18(2,3)4)16-11-10-14(13-19-16)15-9-7-8-12-20(15)5/h10-11,13,15H,6-9,12H2,1-5H3/t15-/m0/s1. The van der Waals surface area contributed by atoms with Gasteiger partial charge in [0.15, 0.2) is 0 Å². The third kappa shape index (κ3) is 4.67. The van der Waals surface area contributed by atoms with E-state index in [2.05, 4.69) is 23.0 Å². The molecular formula is C18H29N3O2. The Morgan fingerprint density at radius 1 is 1.39 bits per heavy atom. The van der Waals surface area contributed by atoms with Crippen molar-refractivity contribution in [1.82, 2.24) is 9.88 Å². The van der Waals surface area contributed by atoms with Crippen molar-refractivity contribution < 1.29 is 9.53 Å². The number of carbonyl (C=O) groups is 1. The Labute approximate surface area is 139 Å². The number of amides is 1. The zero-order chi connectivity index (χ0) is 17.0. The van der Waals surface area contributed by atoms with E-state index in [4.69, 9.17) is 4.74 Å². The number of ether oxygens (including phenoxy) is 1. The third-order valence-electron chi connectivity index (χ3n) is 4.13. The van der Waals surface area contributed by atoms with Gasteiger partial charge in [0, 0.05) is 18.8 Å². The van der Waals surface area contributed by atoms with Gasteiger partial charge in [0.25, 0.3) is 0 Å². The number of pyridine rings is 1. The topological polar surface area (TPSA) is 45.7 Å². The van der Waals surface area contributed by atoms with Crippen LogP contribution in [0.4, 0.5) is 10.6 Å².